The van der Waals surface area contributed by atoms with E-state index in [1.165, 1.54) is 24.0 Å². The van der Waals surface area contributed by atoms with Gasteiger partial charge in [-0.05, 0) is 110 Å². The fourth-order valence-electron chi connectivity index (χ4n) is 6.89. The number of carbonyl (C=O) groups excluding carboxylic acids is 1. The second-order valence-electron chi connectivity index (χ2n) is 11.7. The Morgan fingerprint density at radius 1 is 1.07 bits per heavy atom. The molecular weight excluding hydrogens is 544 g/mol. The molecule has 2 aliphatic carbocycles. The van der Waals surface area contributed by atoms with Crippen LogP contribution in [0.25, 0.3) is 0 Å². The molecule has 0 radical (unpaired) electrons. The second kappa shape index (κ2) is 12.3. The number of anilines is 1. The normalized spacial score (nSPS) is 31.9. The van der Waals surface area contributed by atoms with Crippen LogP contribution in [0, 0.1) is 17.8 Å². The fourth-order valence-corrected chi connectivity index (χ4v) is 7.94. The highest BCUT2D eigenvalue weighted by Crippen LogP contribution is 2.48. The third-order valence-corrected chi connectivity index (χ3v) is 10.8. The van der Waals surface area contributed by atoms with Crippen molar-refractivity contribution in [3.63, 3.8) is 0 Å². The summed E-state index contributed by atoms with van der Waals surface area (Å²) in [7, 11) is -0.161. The number of halogens is 1. The monoisotopic (exact) mass is 582 g/mol. The largest absolute Gasteiger partial charge is 0.491 e. The molecule has 6 rings (SSSR count). The molecule has 8 heteroatoms. The average molecular weight is 583 g/mol. The number of thiol groups is 1. The number of ether oxygens (including phenoxy) is 2. The summed E-state index contributed by atoms with van der Waals surface area (Å²) < 4.78 is 29.1. The Kier molecular flexibility index (Phi) is 8.52. The van der Waals surface area contributed by atoms with Crippen LogP contribution in [0.5, 0.6) is 5.75 Å². The van der Waals surface area contributed by atoms with Crippen LogP contribution >= 0.6 is 11.6 Å². The predicted molar refractivity (Wildman–Crippen MR) is 161 cm³/mol. The minimum atomic E-state index is -1.95. The van der Waals surface area contributed by atoms with Gasteiger partial charge in [0.05, 0.1) is 18.4 Å². The highest BCUT2D eigenvalue weighted by molar-refractivity contribution is 7.75. The first kappa shape index (κ1) is 27.8. The molecule has 2 bridgehead atoms. The quantitative estimate of drug-likeness (QED) is 0.295. The fraction of sp³-hybridized carbons (Fsp3) is 0.531. The van der Waals surface area contributed by atoms with Gasteiger partial charge >= 0.3 is 0 Å². The van der Waals surface area contributed by atoms with Crippen LogP contribution in [0.1, 0.15) is 72.3 Å². The van der Waals surface area contributed by atoms with Crippen molar-refractivity contribution in [2.24, 2.45) is 22.1 Å². The van der Waals surface area contributed by atoms with Gasteiger partial charge in [0, 0.05) is 47.1 Å². The summed E-state index contributed by atoms with van der Waals surface area (Å²) in [4.78, 5) is 15.5. The summed E-state index contributed by atoms with van der Waals surface area (Å²) in [6, 6.07) is 11.9. The number of nitrogens with zero attached hydrogens (tertiary/aromatic N) is 2. The van der Waals surface area contributed by atoms with Crippen LogP contribution in [0.2, 0.25) is 5.02 Å². The summed E-state index contributed by atoms with van der Waals surface area (Å²) in [6.07, 6.45) is 11.5. The van der Waals surface area contributed by atoms with Gasteiger partial charge in [0.15, 0.2) is 0 Å². The summed E-state index contributed by atoms with van der Waals surface area (Å²) >= 11 is 6.53. The molecule has 2 fully saturated rings. The third-order valence-electron chi connectivity index (χ3n) is 9.45. The first-order chi connectivity index (χ1) is 19.5. The number of amides is 1. The molecule has 2 saturated carbocycles. The number of hydrogen-bond donors (Lipinski definition) is 1. The average Bonchev–Trinajstić information content (AvgIpc) is 2.92. The van der Waals surface area contributed by atoms with E-state index in [9.17, 15) is 9.00 Å². The van der Waals surface area contributed by atoms with Crippen LogP contribution < -0.4 is 9.64 Å². The molecule has 6 atom stereocenters. The van der Waals surface area contributed by atoms with Crippen LogP contribution in [0.15, 0.2) is 52.9 Å². The summed E-state index contributed by atoms with van der Waals surface area (Å²) in [5, 5.41) is 0.779. The standard InChI is InChI=1S/C32H39ClN2O4S/c1-38-30-5-3-2-4-16-40(37)34-32(36)22-9-13-31-29(17-22)35(19-23-8-12-27(23)30)20-24-6-10-25(33)18-28(24)26-11-7-21(26)14-15-39-31/h3,5-6,9-10,13,17-18,21,23,26-27,30,40H,2,4,7-8,11-12,14-16,19-20H2,1H3/b5-3+/t21-,23-,26-,27+,30-/m0/s1. The van der Waals surface area contributed by atoms with E-state index in [-0.39, 0.29) is 6.10 Å². The highest BCUT2D eigenvalue weighted by Gasteiger charge is 2.39. The molecule has 2 aromatic rings. The van der Waals surface area contributed by atoms with Crippen molar-refractivity contribution in [1.82, 2.24) is 0 Å². The van der Waals surface area contributed by atoms with Gasteiger partial charge in [0.1, 0.15) is 5.75 Å². The van der Waals surface area contributed by atoms with Crippen molar-refractivity contribution in [1.29, 1.82) is 0 Å². The Hall–Kier alpha value is -2.35. The van der Waals surface area contributed by atoms with Gasteiger partial charge in [0.25, 0.3) is 5.91 Å². The number of carbonyl (C=O) groups is 1. The highest BCUT2D eigenvalue weighted by atomic mass is 35.5. The zero-order valence-corrected chi connectivity index (χ0v) is 24.8. The molecule has 1 unspecified atom stereocenters. The zero-order chi connectivity index (χ0) is 27.6. The lowest BCUT2D eigenvalue weighted by Gasteiger charge is -2.44. The molecule has 0 saturated heterocycles. The van der Waals surface area contributed by atoms with Crippen LogP contribution in [0.3, 0.4) is 0 Å². The van der Waals surface area contributed by atoms with Gasteiger partial charge in [0.2, 0.25) is 0 Å². The molecule has 2 aromatic carbocycles. The van der Waals surface area contributed by atoms with Gasteiger partial charge < -0.3 is 14.4 Å². The molecule has 40 heavy (non-hydrogen) atoms. The molecule has 6 nitrogen and oxygen atoms in total. The molecule has 0 N–H and O–H groups in total. The Balaban J connectivity index is 1.45. The van der Waals surface area contributed by atoms with Crippen LogP contribution in [0.4, 0.5) is 5.69 Å². The lowest BCUT2D eigenvalue weighted by molar-refractivity contribution is 0.0134. The first-order valence-corrected chi connectivity index (χ1v) is 16.5. The van der Waals surface area contributed by atoms with Gasteiger partial charge in [-0.1, -0.05) is 29.8 Å². The van der Waals surface area contributed by atoms with E-state index in [4.69, 9.17) is 21.1 Å². The molecule has 0 spiro atoms. The summed E-state index contributed by atoms with van der Waals surface area (Å²) in [6.45, 7) is 2.16. The molecule has 1 amide bonds. The number of methoxy groups -OCH3 is 1. The number of benzene rings is 2. The molecule has 0 aromatic heterocycles. The number of fused-ring (bicyclic) bond motifs is 5. The smallest absolute Gasteiger partial charge is 0.284 e. The number of rotatable bonds is 1. The molecular formula is C32H39ClN2O4S. The van der Waals surface area contributed by atoms with E-state index in [0.29, 0.717) is 48.1 Å². The SMILES string of the molecule is CO[C@H]1/C=C/CCC/[SH](=O)=N\C(=O)c2ccc3c(c2)N(Cc2ccc(Cl)cc2[C@H]2CC[C@H]2CCO3)C[C@@H]2CC[C@H]21. The molecule has 2 aliphatic heterocycles. The summed E-state index contributed by atoms with van der Waals surface area (Å²) in [5.74, 6) is 2.72. The molecule has 2 heterocycles. The van der Waals surface area contributed by atoms with Crippen molar-refractivity contribution in [2.75, 3.05) is 30.9 Å². The van der Waals surface area contributed by atoms with E-state index in [0.717, 1.165) is 55.1 Å². The minimum absolute atomic E-state index is 0.0551. The van der Waals surface area contributed by atoms with Gasteiger partial charge in [-0.15, -0.1) is 0 Å². The predicted octanol–water partition coefficient (Wildman–Crippen LogP) is 6.82. The Morgan fingerprint density at radius 2 is 1.95 bits per heavy atom. The maximum atomic E-state index is 13.1. The van der Waals surface area contributed by atoms with E-state index >= 15 is 0 Å². The molecule has 214 valence electrons. The Bertz CT molecular complexity index is 1370. The van der Waals surface area contributed by atoms with Crippen LogP contribution in [-0.4, -0.2) is 42.2 Å². The van der Waals surface area contributed by atoms with Crippen molar-refractivity contribution in [3.05, 3.63) is 70.3 Å². The summed E-state index contributed by atoms with van der Waals surface area (Å²) in [5.41, 5.74) is 3.98. The second-order valence-corrected chi connectivity index (χ2v) is 13.5. The van der Waals surface area contributed by atoms with Crippen molar-refractivity contribution in [2.45, 2.75) is 63.5 Å². The van der Waals surface area contributed by atoms with E-state index in [1.807, 2.05) is 18.2 Å². The van der Waals surface area contributed by atoms with Gasteiger partial charge in [-0.2, -0.15) is 4.36 Å². The van der Waals surface area contributed by atoms with Crippen molar-refractivity contribution < 1.29 is 18.5 Å². The van der Waals surface area contributed by atoms with Gasteiger partial charge in [-0.25, -0.2) is 0 Å². The van der Waals surface area contributed by atoms with Crippen molar-refractivity contribution in [3.8, 4) is 5.75 Å². The lowest BCUT2D eigenvalue weighted by Crippen LogP contribution is -2.43. The first-order valence-electron chi connectivity index (χ1n) is 14.7. The number of allylic oxidation sites excluding steroid dienone is 1. The maximum absolute atomic E-state index is 13.1. The Labute approximate surface area is 244 Å². The topological polar surface area (TPSA) is 68.2 Å². The van der Waals surface area contributed by atoms with Crippen LogP contribution in [-0.2, 0) is 21.9 Å². The van der Waals surface area contributed by atoms with E-state index in [1.54, 1.807) is 13.2 Å². The molecule has 4 aliphatic rings. The number of hydrogen-bond acceptors (Lipinski definition) is 5. The minimum Gasteiger partial charge on any atom is -0.491 e. The Morgan fingerprint density at radius 3 is 2.73 bits per heavy atom. The van der Waals surface area contributed by atoms with Crippen molar-refractivity contribution >= 4 is 33.8 Å². The lowest BCUT2D eigenvalue weighted by atomic mass is 9.67. The third kappa shape index (κ3) is 5.83. The zero-order valence-electron chi connectivity index (χ0n) is 23.1. The van der Waals surface area contributed by atoms with E-state index in [2.05, 4.69) is 33.5 Å². The van der Waals surface area contributed by atoms with Gasteiger partial charge in [-0.3, -0.25) is 9.00 Å². The maximum Gasteiger partial charge on any atom is 0.284 e. The van der Waals surface area contributed by atoms with E-state index < -0.39 is 16.5 Å².